The van der Waals surface area contributed by atoms with E-state index >= 15 is 0 Å². The number of halogens is 1. The molecule has 1 N–H and O–H groups in total. The van der Waals surface area contributed by atoms with Crippen LogP contribution in [0.1, 0.15) is 18.9 Å². The number of esters is 1. The lowest BCUT2D eigenvalue weighted by molar-refractivity contribution is -0.164. The van der Waals surface area contributed by atoms with Crippen molar-refractivity contribution in [3.8, 4) is 0 Å². The largest absolute Gasteiger partial charge is 0.467 e. The molecule has 0 aliphatic carbocycles. The molecule has 0 aliphatic rings. The Morgan fingerprint density at radius 2 is 2.13 bits per heavy atom. The molecule has 1 aromatic carbocycles. The van der Waals surface area contributed by atoms with E-state index in [1.165, 1.54) is 18.2 Å². The lowest BCUT2D eigenvalue weighted by atomic mass is 9.91. The topological polar surface area (TPSA) is 46.5 Å². The third kappa shape index (κ3) is 1.99. The maximum absolute atomic E-state index is 13.4. The summed E-state index contributed by atoms with van der Waals surface area (Å²) in [5.41, 5.74) is -1.96. The third-order valence-corrected chi connectivity index (χ3v) is 2.35. The number of benzene rings is 1. The van der Waals surface area contributed by atoms with Crippen molar-refractivity contribution in [2.45, 2.75) is 18.9 Å². The van der Waals surface area contributed by atoms with Crippen LogP contribution >= 0.6 is 0 Å². The summed E-state index contributed by atoms with van der Waals surface area (Å²) in [6.07, 6.45) is 0.0562. The average molecular weight is 212 g/mol. The molecule has 0 saturated carbocycles. The highest BCUT2D eigenvalue weighted by Gasteiger charge is 2.39. The van der Waals surface area contributed by atoms with Gasteiger partial charge in [0.05, 0.1) is 7.11 Å². The minimum atomic E-state index is -1.90. The van der Waals surface area contributed by atoms with Crippen LogP contribution in [0.25, 0.3) is 0 Å². The van der Waals surface area contributed by atoms with Crippen LogP contribution < -0.4 is 0 Å². The first-order chi connectivity index (χ1) is 7.06. The SMILES string of the molecule is CCC(O)(C(=O)OC)c1ccccc1F. The van der Waals surface area contributed by atoms with Gasteiger partial charge in [-0.1, -0.05) is 25.1 Å². The zero-order chi connectivity index (χ0) is 11.5. The fourth-order valence-corrected chi connectivity index (χ4v) is 1.41. The van der Waals surface area contributed by atoms with Crippen molar-refractivity contribution < 1.29 is 19.0 Å². The van der Waals surface area contributed by atoms with E-state index in [2.05, 4.69) is 4.74 Å². The molecule has 0 amide bonds. The quantitative estimate of drug-likeness (QED) is 0.774. The first-order valence-electron chi connectivity index (χ1n) is 4.62. The van der Waals surface area contributed by atoms with Crippen LogP contribution in [-0.4, -0.2) is 18.2 Å². The predicted molar refractivity (Wildman–Crippen MR) is 52.6 cm³/mol. The van der Waals surface area contributed by atoms with Crippen LogP contribution in [0.5, 0.6) is 0 Å². The molecule has 3 nitrogen and oxygen atoms in total. The maximum atomic E-state index is 13.4. The molecule has 4 heteroatoms. The summed E-state index contributed by atoms with van der Waals surface area (Å²) in [7, 11) is 1.16. The number of carbonyl (C=O) groups is 1. The summed E-state index contributed by atoms with van der Waals surface area (Å²) in [5.74, 6) is -1.47. The van der Waals surface area contributed by atoms with Gasteiger partial charge in [0, 0.05) is 5.56 Å². The maximum Gasteiger partial charge on any atom is 0.342 e. The molecule has 0 bridgehead atoms. The highest BCUT2D eigenvalue weighted by atomic mass is 19.1. The fraction of sp³-hybridized carbons (Fsp3) is 0.364. The minimum absolute atomic E-state index is 0.0562. The molecule has 1 unspecified atom stereocenters. The van der Waals surface area contributed by atoms with Gasteiger partial charge in [0.2, 0.25) is 0 Å². The molecule has 0 aliphatic heterocycles. The number of aliphatic hydroxyl groups is 1. The molecule has 1 atom stereocenters. The molecule has 0 radical (unpaired) electrons. The lowest BCUT2D eigenvalue weighted by Gasteiger charge is -2.24. The van der Waals surface area contributed by atoms with Gasteiger partial charge < -0.3 is 9.84 Å². The summed E-state index contributed by atoms with van der Waals surface area (Å²) in [6.45, 7) is 1.59. The van der Waals surface area contributed by atoms with Gasteiger partial charge in [-0.05, 0) is 12.5 Å². The summed E-state index contributed by atoms with van der Waals surface area (Å²) < 4.78 is 17.9. The molecule has 0 spiro atoms. The normalized spacial score (nSPS) is 14.4. The van der Waals surface area contributed by atoms with Gasteiger partial charge in [-0.25, -0.2) is 9.18 Å². The standard InChI is InChI=1S/C11H13FO3/c1-3-11(14,10(13)15-2)8-6-4-5-7-9(8)12/h4-7,14H,3H2,1-2H3. The minimum Gasteiger partial charge on any atom is -0.467 e. The van der Waals surface area contributed by atoms with Crippen LogP contribution in [0.3, 0.4) is 0 Å². The van der Waals surface area contributed by atoms with E-state index in [1.807, 2.05) is 0 Å². The molecule has 1 aromatic rings. The number of methoxy groups -OCH3 is 1. The molecule has 0 saturated heterocycles. The van der Waals surface area contributed by atoms with E-state index in [9.17, 15) is 14.3 Å². The van der Waals surface area contributed by atoms with Crippen LogP contribution in [-0.2, 0) is 15.1 Å². The van der Waals surface area contributed by atoms with Crippen LogP contribution in [0, 0.1) is 5.82 Å². The lowest BCUT2D eigenvalue weighted by Crippen LogP contribution is -2.36. The van der Waals surface area contributed by atoms with Crippen molar-refractivity contribution in [3.05, 3.63) is 35.6 Å². The van der Waals surface area contributed by atoms with E-state index in [1.54, 1.807) is 13.0 Å². The Kier molecular flexibility index (Phi) is 3.42. The second-order valence-corrected chi connectivity index (χ2v) is 3.19. The van der Waals surface area contributed by atoms with Crippen molar-refractivity contribution in [1.29, 1.82) is 0 Å². The van der Waals surface area contributed by atoms with Gasteiger partial charge in [0.25, 0.3) is 0 Å². The highest BCUT2D eigenvalue weighted by molar-refractivity contribution is 5.80. The van der Waals surface area contributed by atoms with Crippen molar-refractivity contribution in [2.24, 2.45) is 0 Å². The highest BCUT2D eigenvalue weighted by Crippen LogP contribution is 2.28. The van der Waals surface area contributed by atoms with Crippen LogP contribution in [0.2, 0.25) is 0 Å². The molecular formula is C11H13FO3. The number of hydrogen-bond donors (Lipinski definition) is 1. The van der Waals surface area contributed by atoms with E-state index in [0.29, 0.717) is 0 Å². The molecule has 0 fully saturated rings. The van der Waals surface area contributed by atoms with E-state index in [4.69, 9.17) is 0 Å². The monoisotopic (exact) mass is 212 g/mol. The molecule has 82 valence electrons. The molecule has 1 rings (SSSR count). The Hall–Kier alpha value is -1.42. The van der Waals surface area contributed by atoms with Gasteiger partial charge in [-0.2, -0.15) is 0 Å². The Morgan fingerprint density at radius 3 is 2.60 bits per heavy atom. The fourth-order valence-electron chi connectivity index (χ4n) is 1.41. The van der Waals surface area contributed by atoms with Gasteiger partial charge in [-0.15, -0.1) is 0 Å². The van der Waals surface area contributed by atoms with E-state index in [-0.39, 0.29) is 12.0 Å². The number of hydrogen-bond acceptors (Lipinski definition) is 3. The Balaban J connectivity index is 3.23. The summed E-state index contributed by atoms with van der Waals surface area (Å²) in [5, 5.41) is 10.0. The second-order valence-electron chi connectivity index (χ2n) is 3.19. The van der Waals surface area contributed by atoms with Crippen molar-refractivity contribution in [3.63, 3.8) is 0 Å². The van der Waals surface area contributed by atoms with Crippen LogP contribution in [0.15, 0.2) is 24.3 Å². The predicted octanol–water partition coefficient (Wildman–Crippen LogP) is 1.60. The van der Waals surface area contributed by atoms with Gasteiger partial charge in [0.1, 0.15) is 5.82 Å². The van der Waals surface area contributed by atoms with Crippen molar-refractivity contribution in [2.75, 3.05) is 7.11 Å². The number of ether oxygens (including phenoxy) is 1. The summed E-state index contributed by atoms with van der Waals surface area (Å²) in [4.78, 5) is 11.4. The van der Waals surface area contributed by atoms with Crippen molar-refractivity contribution in [1.82, 2.24) is 0 Å². The zero-order valence-corrected chi connectivity index (χ0v) is 8.66. The smallest absolute Gasteiger partial charge is 0.342 e. The Bertz CT molecular complexity index is 365. The molecule has 0 heterocycles. The molecular weight excluding hydrogens is 199 g/mol. The second kappa shape index (κ2) is 4.40. The average Bonchev–Trinajstić information content (AvgIpc) is 2.27. The number of carbonyl (C=O) groups excluding carboxylic acids is 1. The first-order valence-corrected chi connectivity index (χ1v) is 4.62. The Morgan fingerprint density at radius 1 is 1.53 bits per heavy atom. The van der Waals surface area contributed by atoms with E-state index in [0.717, 1.165) is 7.11 Å². The first kappa shape index (κ1) is 11.7. The summed E-state index contributed by atoms with van der Waals surface area (Å²) >= 11 is 0. The molecule has 0 aromatic heterocycles. The zero-order valence-electron chi connectivity index (χ0n) is 8.66. The van der Waals surface area contributed by atoms with Gasteiger partial charge in [-0.3, -0.25) is 0 Å². The summed E-state index contributed by atoms with van der Waals surface area (Å²) in [6, 6.07) is 5.61. The van der Waals surface area contributed by atoms with Gasteiger partial charge >= 0.3 is 5.97 Å². The number of rotatable bonds is 3. The Labute approximate surface area is 87.5 Å². The van der Waals surface area contributed by atoms with Crippen LogP contribution in [0.4, 0.5) is 4.39 Å². The van der Waals surface area contributed by atoms with Gasteiger partial charge in [0.15, 0.2) is 5.60 Å². The van der Waals surface area contributed by atoms with E-state index < -0.39 is 17.4 Å². The van der Waals surface area contributed by atoms with Crippen molar-refractivity contribution >= 4 is 5.97 Å². The third-order valence-electron chi connectivity index (χ3n) is 2.35. The molecule has 15 heavy (non-hydrogen) atoms.